The number of pyridine rings is 1. The Kier molecular flexibility index (Phi) is 3.20. The van der Waals surface area contributed by atoms with E-state index in [1.807, 2.05) is 12.1 Å². The van der Waals surface area contributed by atoms with Crippen molar-refractivity contribution in [3.8, 4) is 0 Å². The maximum atomic E-state index is 10.9. The molecule has 1 aromatic rings. The normalized spacial score (nSPS) is 10.3. The molecule has 0 fully saturated rings. The van der Waals surface area contributed by atoms with Gasteiger partial charge in [0.25, 0.3) is 0 Å². The molecule has 0 radical (unpaired) electrons. The zero-order valence-electron chi connectivity index (χ0n) is 7.04. The van der Waals surface area contributed by atoms with Crippen LogP contribution in [0.15, 0.2) is 18.3 Å². The SMILES string of the molecule is CC(C)c1ccnc(C(=O)I)c1. The molecule has 1 rings (SSSR count). The van der Waals surface area contributed by atoms with Crippen LogP contribution in [-0.4, -0.2) is 8.77 Å². The van der Waals surface area contributed by atoms with Gasteiger partial charge in [0.2, 0.25) is 3.79 Å². The van der Waals surface area contributed by atoms with Crippen LogP contribution in [0.5, 0.6) is 0 Å². The topological polar surface area (TPSA) is 30.0 Å². The lowest BCUT2D eigenvalue weighted by Crippen LogP contribution is -1.96. The number of hydrogen-bond donors (Lipinski definition) is 0. The third kappa shape index (κ3) is 2.27. The van der Waals surface area contributed by atoms with Crippen molar-refractivity contribution < 1.29 is 4.79 Å². The molecular formula is C9H10INO. The Labute approximate surface area is 85.5 Å². The lowest BCUT2D eigenvalue weighted by molar-refractivity contribution is 0.110. The number of rotatable bonds is 2. The van der Waals surface area contributed by atoms with E-state index in [0.717, 1.165) is 5.56 Å². The molecule has 0 bridgehead atoms. The van der Waals surface area contributed by atoms with Crippen LogP contribution in [-0.2, 0) is 0 Å². The summed E-state index contributed by atoms with van der Waals surface area (Å²) < 4.78 is -0.00454. The monoisotopic (exact) mass is 275 g/mol. The van der Waals surface area contributed by atoms with Crippen molar-refractivity contribution in [1.82, 2.24) is 4.98 Å². The zero-order valence-corrected chi connectivity index (χ0v) is 9.20. The predicted octanol–water partition coefficient (Wildman–Crippen LogP) is 2.78. The highest BCUT2D eigenvalue weighted by atomic mass is 127. The molecule has 1 heterocycles. The predicted molar refractivity (Wildman–Crippen MR) is 56.7 cm³/mol. The van der Waals surface area contributed by atoms with Gasteiger partial charge in [-0.05, 0) is 23.6 Å². The van der Waals surface area contributed by atoms with Crippen LogP contribution >= 0.6 is 22.6 Å². The van der Waals surface area contributed by atoms with Crippen LogP contribution in [0, 0.1) is 0 Å². The summed E-state index contributed by atoms with van der Waals surface area (Å²) in [5, 5.41) is 0. The van der Waals surface area contributed by atoms with Crippen LogP contribution in [0.25, 0.3) is 0 Å². The molecule has 12 heavy (non-hydrogen) atoms. The van der Waals surface area contributed by atoms with Gasteiger partial charge in [0.15, 0.2) is 0 Å². The summed E-state index contributed by atoms with van der Waals surface area (Å²) in [5.41, 5.74) is 1.70. The molecule has 2 nitrogen and oxygen atoms in total. The summed E-state index contributed by atoms with van der Waals surface area (Å²) in [5.74, 6) is 0.447. The molecule has 0 unspecified atom stereocenters. The van der Waals surface area contributed by atoms with Crippen molar-refractivity contribution in [1.29, 1.82) is 0 Å². The van der Waals surface area contributed by atoms with E-state index in [0.29, 0.717) is 11.6 Å². The summed E-state index contributed by atoms with van der Waals surface area (Å²) in [4.78, 5) is 14.9. The highest BCUT2D eigenvalue weighted by Gasteiger charge is 2.05. The second-order valence-electron chi connectivity index (χ2n) is 2.90. The third-order valence-corrected chi connectivity index (χ3v) is 2.20. The van der Waals surface area contributed by atoms with Gasteiger partial charge in [0.1, 0.15) is 5.69 Å². The van der Waals surface area contributed by atoms with Crippen LogP contribution < -0.4 is 0 Å². The number of aromatic nitrogens is 1. The average molecular weight is 275 g/mol. The molecule has 1 aromatic heterocycles. The van der Waals surface area contributed by atoms with E-state index in [4.69, 9.17) is 0 Å². The average Bonchev–Trinajstić information content (AvgIpc) is 2.04. The number of hydrogen-bond acceptors (Lipinski definition) is 2. The number of carbonyl (C=O) groups is 1. The second-order valence-corrected chi connectivity index (χ2v) is 3.88. The quantitative estimate of drug-likeness (QED) is 0.613. The van der Waals surface area contributed by atoms with Gasteiger partial charge in [0.05, 0.1) is 0 Å². The van der Waals surface area contributed by atoms with E-state index in [2.05, 4.69) is 18.8 Å². The first-order chi connectivity index (χ1) is 5.61. The maximum absolute atomic E-state index is 10.9. The van der Waals surface area contributed by atoms with Crippen LogP contribution in [0.4, 0.5) is 0 Å². The Bertz CT molecular complexity index is 296. The molecule has 0 spiro atoms. The fourth-order valence-corrected chi connectivity index (χ4v) is 1.21. The molecule has 0 aliphatic carbocycles. The zero-order chi connectivity index (χ0) is 9.14. The van der Waals surface area contributed by atoms with Gasteiger partial charge in [-0.25, -0.2) is 0 Å². The Balaban J connectivity index is 3.04. The lowest BCUT2D eigenvalue weighted by atomic mass is 10.0. The lowest BCUT2D eigenvalue weighted by Gasteiger charge is -2.04. The maximum Gasteiger partial charge on any atom is 0.240 e. The molecule has 0 atom stereocenters. The summed E-state index contributed by atoms with van der Waals surface area (Å²) in [6, 6.07) is 3.78. The van der Waals surface area contributed by atoms with Crippen LogP contribution in [0.1, 0.15) is 35.8 Å². The number of halogens is 1. The minimum Gasteiger partial charge on any atom is -0.280 e. The van der Waals surface area contributed by atoms with Gasteiger partial charge in [-0.2, -0.15) is 0 Å². The van der Waals surface area contributed by atoms with E-state index < -0.39 is 0 Å². The molecule has 0 aliphatic rings. The highest BCUT2D eigenvalue weighted by molar-refractivity contribution is 14.1. The molecule has 64 valence electrons. The summed E-state index contributed by atoms with van der Waals surface area (Å²) in [6.07, 6.45) is 1.68. The standard InChI is InChI=1S/C9H10INO/c1-6(2)7-3-4-11-8(5-7)9(10)12/h3-6H,1-2H3. The first-order valence-corrected chi connectivity index (χ1v) is 4.85. The van der Waals surface area contributed by atoms with E-state index >= 15 is 0 Å². The van der Waals surface area contributed by atoms with E-state index in [1.54, 1.807) is 28.8 Å². The van der Waals surface area contributed by atoms with Gasteiger partial charge in [-0.3, -0.25) is 9.78 Å². The number of carbonyl (C=O) groups excluding carboxylic acids is 1. The molecule has 0 N–H and O–H groups in total. The molecule has 0 saturated heterocycles. The largest absolute Gasteiger partial charge is 0.280 e. The first-order valence-electron chi connectivity index (χ1n) is 3.77. The minimum atomic E-state index is -0.00454. The first kappa shape index (κ1) is 9.64. The Morgan fingerprint density at radius 2 is 2.25 bits per heavy atom. The fourth-order valence-electron chi connectivity index (χ4n) is 0.913. The second kappa shape index (κ2) is 3.98. The Morgan fingerprint density at radius 3 is 2.75 bits per heavy atom. The van der Waals surface area contributed by atoms with E-state index in [-0.39, 0.29) is 3.79 Å². The molecule has 0 aliphatic heterocycles. The third-order valence-electron chi connectivity index (χ3n) is 1.65. The van der Waals surface area contributed by atoms with Crippen molar-refractivity contribution in [2.75, 3.05) is 0 Å². The van der Waals surface area contributed by atoms with Gasteiger partial charge >= 0.3 is 0 Å². The van der Waals surface area contributed by atoms with Crippen molar-refractivity contribution in [2.24, 2.45) is 0 Å². The molecule has 0 aromatic carbocycles. The number of nitrogens with zero attached hydrogens (tertiary/aromatic N) is 1. The summed E-state index contributed by atoms with van der Waals surface area (Å²) in [7, 11) is 0. The minimum absolute atomic E-state index is 0.00454. The van der Waals surface area contributed by atoms with Crippen molar-refractivity contribution in [3.05, 3.63) is 29.6 Å². The van der Waals surface area contributed by atoms with Gasteiger partial charge < -0.3 is 0 Å². The van der Waals surface area contributed by atoms with Gasteiger partial charge in [-0.1, -0.05) is 13.8 Å². The van der Waals surface area contributed by atoms with E-state index in [9.17, 15) is 4.79 Å². The van der Waals surface area contributed by atoms with Crippen molar-refractivity contribution in [2.45, 2.75) is 19.8 Å². The highest BCUT2D eigenvalue weighted by Crippen LogP contribution is 2.15. The fraction of sp³-hybridized carbons (Fsp3) is 0.333. The Hall–Kier alpha value is -0.450. The van der Waals surface area contributed by atoms with Crippen molar-refractivity contribution >= 4 is 26.4 Å². The van der Waals surface area contributed by atoms with Gasteiger partial charge in [0, 0.05) is 28.8 Å². The van der Waals surface area contributed by atoms with Crippen LogP contribution in [0.3, 0.4) is 0 Å². The molecular weight excluding hydrogens is 265 g/mol. The smallest absolute Gasteiger partial charge is 0.240 e. The Morgan fingerprint density at radius 1 is 1.58 bits per heavy atom. The van der Waals surface area contributed by atoms with E-state index in [1.165, 1.54) is 0 Å². The van der Waals surface area contributed by atoms with Crippen LogP contribution in [0.2, 0.25) is 0 Å². The molecule has 3 heteroatoms. The van der Waals surface area contributed by atoms with Gasteiger partial charge in [-0.15, -0.1) is 0 Å². The summed E-state index contributed by atoms with van der Waals surface area (Å²) in [6.45, 7) is 4.19. The molecule has 0 amide bonds. The van der Waals surface area contributed by atoms with Crippen molar-refractivity contribution in [3.63, 3.8) is 0 Å². The summed E-state index contributed by atoms with van der Waals surface area (Å²) >= 11 is 1.75. The molecule has 0 saturated carbocycles.